The van der Waals surface area contributed by atoms with Gasteiger partial charge in [-0.1, -0.05) is 61.5 Å². The van der Waals surface area contributed by atoms with Crippen molar-refractivity contribution in [1.29, 1.82) is 0 Å². The molecule has 0 spiro atoms. The van der Waals surface area contributed by atoms with E-state index < -0.39 is 5.91 Å². The number of primary amides is 1. The number of hydrogen-bond acceptors (Lipinski definition) is 2. The number of phenols is 1. The number of aromatic hydroxyl groups is 1. The fourth-order valence-corrected chi connectivity index (χ4v) is 4.34. The van der Waals surface area contributed by atoms with Crippen LogP contribution in [0.5, 0.6) is 5.75 Å². The van der Waals surface area contributed by atoms with Crippen LogP contribution in [0.1, 0.15) is 22.8 Å². The third-order valence-corrected chi connectivity index (χ3v) is 5.69. The second-order valence-corrected chi connectivity index (χ2v) is 7.28. The maximum atomic E-state index is 12.5. The summed E-state index contributed by atoms with van der Waals surface area (Å²) >= 11 is 0. The average Bonchev–Trinajstić information content (AvgIpc) is 3.12. The minimum atomic E-state index is -0.644. The minimum Gasteiger partial charge on any atom is -0.506 e. The van der Waals surface area contributed by atoms with Crippen LogP contribution < -0.4 is 5.73 Å². The quantitative estimate of drug-likeness (QED) is 0.386. The van der Waals surface area contributed by atoms with Crippen molar-refractivity contribution in [3.63, 3.8) is 0 Å². The van der Waals surface area contributed by atoms with Gasteiger partial charge in [-0.15, -0.1) is 0 Å². The van der Waals surface area contributed by atoms with Crippen LogP contribution in [0.4, 0.5) is 0 Å². The zero-order chi connectivity index (χ0) is 20.1. The number of carbonyl (C=O) groups excluding carboxylic acids is 1. The van der Waals surface area contributed by atoms with Crippen LogP contribution in [0.25, 0.3) is 43.7 Å². The smallest absolute Gasteiger partial charge is 0.253 e. The molecule has 0 aliphatic rings. The Morgan fingerprint density at radius 2 is 1.72 bits per heavy atom. The Hall–Kier alpha value is -3.79. The van der Waals surface area contributed by atoms with Gasteiger partial charge in [0.15, 0.2) is 0 Å². The Balaban J connectivity index is 1.95. The summed E-state index contributed by atoms with van der Waals surface area (Å²) in [5.74, 6) is -0.716. The Kier molecular flexibility index (Phi) is 3.81. The number of amides is 1. The molecule has 29 heavy (non-hydrogen) atoms. The van der Waals surface area contributed by atoms with Crippen molar-refractivity contribution in [2.45, 2.75) is 13.3 Å². The number of benzene rings is 4. The second kappa shape index (κ2) is 6.38. The third kappa shape index (κ3) is 2.49. The number of aryl methyl sites for hydroxylation is 1. The van der Waals surface area contributed by atoms with Gasteiger partial charge in [-0.3, -0.25) is 4.79 Å². The third-order valence-electron chi connectivity index (χ3n) is 5.69. The summed E-state index contributed by atoms with van der Waals surface area (Å²) in [6, 6.07) is 21.9. The zero-order valence-corrected chi connectivity index (χ0v) is 16.0. The molecule has 1 heterocycles. The molecule has 0 atom stereocenters. The van der Waals surface area contributed by atoms with E-state index in [1.54, 1.807) is 0 Å². The normalized spacial score (nSPS) is 11.5. The lowest BCUT2D eigenvalue weighted by Crippen LogP contribution is -2.12. The summed E-state index contributed by atoms with van der Waals surface area (Å²) in [4.78, 5) is 15.9. The van der Waals surface area contributed by atoms with Crippen LogP contribution in [0.3, 0.4) is 0 Å². The van der Waals surface area contributed by atoms with Crippen LogP contribution in [0.15, 0.2) is 66.7 Å². The van der Waals surface area contributed by atoms with E-state index in [-0.39, 0.29) is 11.3 Å². The monoisotopic (exact) mass is 380 g/mol. The van der Waals surface area contributed by atoms with Crippen LogP contribution in [-0.2, 0) is 6.42 Å². The lowest BCUT2D eigenvalue weighted by molar-refractivity contribution is 0.0999. The molecule has 0 fully saturated rings. The molecule has 1 aromatic heterocycles. The van der Waals surface area contributed by atoms with Gasteiger partial charge in [-0.05, 0) is 35.1 Å². The number of nitrogens with one attached hydrogen (secondary N) is 1. The van der Waals surface area contributed by atoms with Gasteiger partial charge in [-0.25, -0.2) is 0 Å². The minimum absolute atomic E-state index is 0.0722. The van der Waals surface area contributed by atoms with E-state index in [0.29, 0.717) is 10.9 Å². The Morgan fingerprint density at radius 1 is 0.966 bits per heavy atom. The summed E-state index contributed by atoms with van der Waals surface area (Å²) in [5.41, 5.74) is 10.3. The molecule has 4 aromatic carbocycles. The highest BCUT2D eigenvalue weighted by molar-refractivity contribution is 6.24. The maximum Gasteiger partial charge on any atom is 0.253 e. The molecule has 142 valence electrons. The number of fused-ring (bicyclic) bond motifs is 5. The van der Waals surface area contributed by atoms with Crippen molar-refractivity contribution in [2.24, 2.45) is 5.73 Å². The summed E-state index contributed by atoms with van der Waals surface area (Å²) in [6.07, 6.45) is 0.820. The molecule has 0 saturated heterocycles. The fourth-order valence-electron chi connectivity index (χ4n) is 4.34. The first kappa shape index (κ1) is 17.3. The molecule has 0 bridgehead atoms. The maximum absolute atomic E-state index is 12.5. The van der Waals surface area contributed by atoms with E-state index in [9.17, 15) is 9.90 Å². The molecule has 4 N–H and O–H groups in total. The lowest BCUT2D eigenvalue weighted by Gasteiger charge is -2.15. The van der Waals surface area contributed by atoms with Crippen LogP contribution in [-0.4, -0.2) is 16.0 Å². The lowest BCUT2D eigenvalue weighted by atomic mass is 9.91. The highest BCUT2D eigenvalue weighted by atomic mass is 16.3. The van der Waals surface area contributed by atoms with Gasteiger partial charge >= 0.3 is 0 Å². The van der Waals surface area contributed by atoms with Gasteiger partial charge in [0.1, 0.15) is 5.75 Å². The molecule has 0 radical (unpaired) electrons. The van der Waals surface area contributed by atoms with Gasteiger partial charge in [-0.2, -0.15) is 0 Å². The largest absolute Gasteiger partial charge is 0.506 e. The highest BCUT2D eigenvalue weighted by Crippen LogP contribution is 2.42. The first-order valence-corrected chi connectivity index (χ1v) is 9.67. The predicted octanol–water partition coefficient (Wildman–Crippen LogP) is 5.51. The van der Waals surface area contributed by atoms with Gasteiger partial charge in [0.2, 0.25) is 0 Å². The standard InChI is InChI=1S/C25H20N2O2/c1-2-14-7-3-4-8-16(14)19-13-15-11-12-18-17-9-5-6-10-20(17)27-23(18)21(15)22(24(19)28)25(26)29/h3-13,27-28H,2H2,1H3,(H2,26,29). The Labute approximate surface area is 167 Å². The first-order valence-electron chi connectivity index (χ1n) is 9.67. The SMILES string of the molecule is CCc1ccccc1-c1cc2ccc3c4ccccc4[nH]c3c2c(C(N)=O)c1O. The van der Waals surface area contributed by atoms with E-state index >= 15 is 0 Å². The van der Waals surface area contributed by atoms with Gasteiger partial charge in [0, 0.05) is 27.2 Å². The molecule has 0 aliphatic heterocycles. The topological polar surface area (TPSA) is 79.1 Å². The number of carbonyl (C=O) groups is 1. The van der Waals surface area contributed by atoms with Crippen molar-refractivity contribution in [2.75, 3.05) is 0 Å². The van der Waals surface area contributed by atoms with Gasteiger partial charge in [0.05, 0.1) is 11.1 Å². The molecule has 4 nitrogen and oxygen atoms in total. The molecule has 0 aliphatic carbocycles. The highest BCUT2D eigenvalue weighted by Gasteiger charge is 2.22. The van der Waals surface area contributed by atoms with Crippen molar-refractivity contribution >= 4 is 38.5 Å². The van der Waals surface area contributed by atoms with Gasteiger partial charge < -0.3 is 15.8 Å². The second-order valence-electron chi connectivity index (χ2n) is 7.28. The van der Waals surface area contributed by atoms with Crippen LogP contribution >= 0.6 is 0 Å². The molecule has 5 rings (SSSR count). The zero-order valence-electron chi connectivity index (χ0n) is 16.0. The van der Waals surface area contributed by atoms with Crippen molar-refractivity contribution in [3.8, 4) is 16.9 Å². The number of hydrogen-bond donors (Lipinski definition) is 3. The summed E-state index contributed by atoms with van der Waals surface area (Å²) in [7, 11) is 0. The predicted molar refractivity (Wildman–Crippen MR) is 118 cm³/mol. The molecule has 5 aromatic rings. The molecule has 1 amide bonds. The van der Waals surface area contributed by atoms with Crippen molar-refractivity contribution in [1.82, 2.24) is 4.98 Å². The van der Waals surface area contributed by atoms with Crippen molar-refractivity contribution < 1.29 is 9.90 Å². The molecular formula is C25H20N2O2. The van der Waals surface area contributed by atoms with E-state index in [1.807, 2.05) is 66.7 Å². The number of nitrogens with two attached hydrogens (primary N) is 1. The van der Waals surface area contributed by atoms with Crippen LogP contribution in [0, 0.1) is 0 Å². The van der Waals surface area contributed by atoms with E-state index in [1.165, 1.54) is 0 Å². The Bertz CT molecular complexity index is 1430. The summed E-state index contributed by atoms with van der Waals surface area (Å²) < 4.78 is 0. The van der Waals surface area contributed by atoms with Gasteiger partial charge in [0.25, 0.3) is 5.91 Å². The van der Waals surface area contributed by atoms with E-state index in [2.05, 4.69) is 11.9 Å². The summed E-state index contributed by atoms with van der Waals surface area (Å²) in [5, 5.41) is 14.7. The number of aromatic amines is 1. The fraction of sp³-hybridized carbons (Fsp3) is 0.0800. The van der Waals surface area contributed by atoms with Crippen molar-refractivity contribution in [3.05, 3.63) is 77.9 Å². The molecule has 4 heteroatoms. The van der Waals surface area contributed by atoms with E-state index in [4.69, 9.17) is 5.73 Å². The molecule has 0 unspecified atom stereocenters. The van der Waals surface area contributed by atoms with E-state index in [0.717, 1.165) is 44.7 Å². The number of aromatic nitrogens is 1. The number of rotatable bonds is 3. The molecular weight excluding hydrogens is 360 g/mol. The number of H-pyrrole nitrogens is 1. The first-order chi connectivity index (χ1) is 14.1. The number of para-hydroxylation sites is 1. The molecule has 0 saturated carbocycles. The average molecular weight is 380 g/mol. The Morgan fingerprint density at radius 3 is 2.52 bits per heavy atom. The van der Waals surface area contributed by atoms with Crippen LogP contribution in [0.2, 0.25) is 0 Å². The summed E-state index contributed by atoms with van der Waals surface area (Å²) in [6.45, 7) is 2.07.